The molecule has 0 aliphatic heterocycles. The van der Waals surface area contributed by atoms with Gasteiger partial charge in [0.2, 0.25) is 5.91 Å². The van der Waals surface area contributed by atoms with Gasteiger partial charge >= 0.3 is 0 Å². The Morgan fingerprint density at radius 3 is 2.60 bits per heavy atom. The van der Waals surface area contributed by atoms with Crippen molar-refractivity contribution in [2.24, 2.45) is 0 Å². The number of amides is 1. The van der Waals surface area contributed by atoms with Gasteiger partial charge in [-0.25, -0.2) is 0 Å². The largest absolute Gasteiger partial charge is 0.497 e. The van der Waals surface area contributed by atoms with Gasteiger partial charge in [0.1, 0.15) is 5.75 Å². The van der Waals surface area contributed by atoms with Crippen LogP contribution < -0.4 is 10.1 Å². The molecule has 0 aliphatic rings. The molecule has 6 heteroatoms. The van der Waals surface area contributed by atoms with E-state index in [1.54, 1.807) is 31.0 Å². The first-order chi connectivity index (χ1) is 12.1. The van der Waals surface area contributed by atoms with E-state index in [-0.39, 0.29) is 5.91 Å². The molecule has 0 radical (unpaired) electrons. The summed E-state index contributed by atoms with van der Waals surface area (Å²) in [6, 6.07) is 13.1. The van der Waals surface area contributed by atoms with Crippen molar-refractivity contribution >= 4 is 46.9 Å². The first kappa shape index (κ1) is 19.7. The molecule has 0 fully saturated rings. The van der Waals surface area contributed by atoms with Crippen LogP contribution in [0.5, 0.6) is 5.75 Å². The van der Waals surface area contributed by atoms with Crippen LogP contribution in [0.1, 0.15) is 11.1 Å². The van der Waals surface area contributed by atoms with Crippen LogP contribution in [0.2, 0.25) is 10.0 Å². The number of nitrogens with one attached hydrogen (secondary N) is 1. The minimum Gasteiger partial charge on any atom is -0.497 e. The van der Waals surface area contributed by atoms with Gasteiger partial charge in [0.15, 0.2) is 0 Å². The number of carbonyl (C=O) groups excluding carboxylic acids is 1. The zero-order valence-corrected chi connectivity index (χ0v) is 16.1. The van der Waals surface area contributed by atoms with Crippen LogP contribution in [-0.4, -0.2) is 25.3 Å². The first-order valence-electron chi connectivity index (χ1n) is 7.70. The molecule has 0 bridgehead atoms. The standard InChI is InChI=1S/C19H19Cl2NO2S/c1-24-16-6-2-14(3-7-16)5-9-19(23)22-10-11-25-13-15-4-8-17(20)18(21)12-15/h2-9,12H,10-11,13H2,1H3,(H,22,23). The Labute approximate surface area is 162 Å². The van der Waals surface area contributed by atoms with E-state index in [4.69, 9.17) is 27.9 Å². The Hall–Kier alpha value is -1.62. The van der Waals surface area contributed by atoms with Gasteiger partial charge in [0, 0.05) is 24.1 Å². The molecule has 0 unspecified atom stereocenters. The fourth-order valence-electron chi connectivity index (χ4n) is 2.01. The number of methoxy groups -OCH3 is 1. The van der Waals surface area contributed by atoms with E-state index in [1.807, 2.05) is 36.4 Å². The van der Waals surface area contributed by atoms with Gasteiger partial charge in [-0.1, -0.05) is 41.4 Å². The fraction of sp³-hybridized carbons (Fsp3) is 0.211. The number of halogens is 2. The summed E-state index contributed by atoms with van der Waals surface area (Å²) in [7, 11) is 1.62. The number of benzene rings is 2. The van der Waals surface area contributed by atoms with Crippen molar-refractivity contribution in [2.75, 3.05) is 19.4 Å². The Bertz CT molecular complexity index is 733. The maximum atomic E-state index is 11.8. The van der Waals surface area contributed by atoms with Gasteiger partial charge in [-0.15, -0.1) is 0 Å². The summed E-state index contributed by atoms with van der Waals surface area (Å²) < 4.78 is 5.10. The van der Waals surface area contributed by atoms with E-state index in [0.29, 0.717) is 16.6 Å². The SMILES string of the molecule is COc1ccc(C=CC(=O)NCCSCc2ccc(Cl)c(Cl)c2)cc1. The summed E-state index contributed by atoms with van der Waals surface area (Å²) in [5.41, 5.74) is 2.06. The second kappa shape index (κ2) is 10.4. The number of hydrogen-bond donors (Lipinski definition) is 1. The first-order valence-corrected chi connectivity index (χ1v) is 9.61. The van der Waals surface area contributed by atoms with E-state index in [0.717, 1.165) is 28.4 Å². The number of rotatable bonds is 8. The number of ether oxygens (including phenoxy) is 1. The zero-order valence-electron chi connectivity index (χ0n) is 13.8. The summed E-state index contributed by atoms with van der Waals surface area (Å²) in [6.45, 7) is 0.609. The molecule has 0 saturated heterocycles. The fourth-order valence-corrected chi connectivity index (χ4v) is 3.14. The monoisotopic (exact) mass is 395 g/mol. The van der Waals surface area contributed by atoms with Gasteiger partial charge < -0.3 is 10.1 Å². The zero-order chi connectivity index (χ0) is 18.1. The van der Waals surface area contributed by atoms with Crippen molar-refractivity contribution < 1.29 is 9.53 Å². The van der Waals surface area contributed by atoms with E-state index < -0.39 is 0 Å². The Morgan fingerprint density at radius 1 is 1.16 bits per heavy atom. The van der Waals surface area contributed by atoms with Gasteiger partial charge in [-0.2, -0.15) is 11.8 Å². The Kier molecular flexibility index (Phi) is 8.19. The van der Waals surface area contributed by atoms with Gasteiger partial charge in [-0.3, -0.25) is 4.79 Å². The average molecular weight is 396 g/mol. The third kappa shape index (κ3) is 7.02. The van der Waals surface area contributed by atoms with Crippen molar-refractivity contribution in [2.45, 2.75) is 5.75 Å². The Balaban J connectivity index is 1.66. The molecule has 2 aromatic rings. The lowest BCUT2D eigenvalue weighted by Crippen LogP contribution is -2.23. The van der Waals surface area contributed by atoms with Crippen molar-refractivity contribution in [1.29, 1.82) is 0 Å². The van der Waals surface area contributed by atoms with Gasteiger partial charge in [0.05, 0.1) is 17.2 Å². The lowest BCUT2D eigenvalue weighted by molar-refractivity contribution is -0.116. The highest BCUT2D eigenvalue weighted by Crippen LogP contribution is 2.24. The van der Waals surface area contributed by atoms with Gasteiger partial charge in [0.25, 0.3) is 0 Å². The highest BCUT2D eigenvalue weighted by molar-refractivity contribution is 7.98. The molecule has 0 saturated carbocycles. The summed E-state index contributed by atoms with van der Waals surface area (Å²) in [5.74, 6) is 2.34. The maximum Gasteiger partial charge on any atom is 0.244 e. The number of carbonyl (C=O) groups is 1. The molecule has 2 aromatic carbocycles. The summed E-state index contributed by atoms with van der Waals surface area (Å²) in [5, 5.41) is 3.99. The maximum absolute atomic E-state index is 11.8. The predicted molar refractivity (Wildman–Crippen MR) is 108 cm³/mol. The molecule has 1 N–H and O–H groups in total. The second-order valence-electron chi connectivity index (χ2n) is 5.20. The van der Waals surface area contributed by atoms with Crippen LogP contribution in [0, 0.1) is 0 Å². The molecular weight excluding hydrogens is 377 g/mol. The third-order valence-electron chi connectivity index (χ3n) is 3.34. The molecular formula is C19H19Cl2NO2S. The van der Waals surface area contributed by atoms with Crippen LogP contribution in [0.3, 0.4) is 0 Å². The molecule has 2 rings (SSSR count). The Morgan fingerprint density at radius 2 is 1.92 bits per heavy atom. The lowest BCUT2D eigenvalue weighted by atomic mass is 10.2. The number of thioether (sulfide) groups is 1. The lowest BCUT2D eigenvalue weighted by Gasteiger charge is -2.04. The normalized spacial score (nSPS) is 10.8. The molecule has 3 nitrogen and oxygen atoms in total. The van der Waals surface area contributed by atoms with E-state index >= 15 is 0 Å². The molecule has 25 heavy (non-hydrogen) atoms. The van der Waals surface area contributed by atoms with Crippen LogP contribution in [0.15, 0.2) is 48.5 Å². The third-order valence-corrected chi connectivity index (χ3v) is 5.11. The van der Waals surface area contributed by atoms with Crippen molar-refractivity contribution in [3.8, 4) is 5.75 Å². The molecule has 0 atom stereocenters. The molecule has 0 heterocycles. The van der Waals surface area contributed by atoms with Crippen LogP contribution in [0.4, 0.5) is 0 Å². The minimum absolute atomic E-state index is 0.106. The van der Waals surface area contributed by atoms with Crippen molar-refractivity contribution in [1.82, 2.24) is 5.32 Å². The number of hydrogen-bond acceptors (Lipinski definition) is 3. The van der Waals surface area contributed by atoms with E-state index in [9.17, 15) is 4.79 Å². The van der Waals surface area contributed by atoms with Crippen molar-refractivity contribution in [3.63, 3.8) is 0 Å². The van der Waals surface area contributed by atoms with E-state index in [2.05, 4.69) is 5.32 Å². The second-order valence-corrected chi connectivity index (χ2v) is 7.12. The highest BCUT2D eigenvalue weighted by Gasteiger charge is 2.00. The quantitative estimate of drug-likeness (QED) is 0.501. The molecule has 132 valence electrons. The minimum atomic E-state index is -0.106. The molecule has 0 aliphatic carbocycles. The van der Waals surface area contributed by atoms with Crippen LogP contribution in [-0.2, 0) is 10.5 Å². The summed E-state index contributed by atoms with van der Waals surface area (Å²) in [6.07, 6.45) is 3.31. The summed E-state index contributed by atoms with van der Waals surface area (Å²) >= 11 is 13.6. The van der Waals surface area contributed by atoms with E-state index in [1.165, 1.54) is 6.08 Å². The molecule has 0 spiro atoms. The van der Waals surface area contributed by atoms with Gasteiger partial charge in [-0.05, 0) is 41.5 Å². The van der Waals surface area contributed by atoms with Crippen LogP contribution in [0.25, 0.3) is 6.08 Å². The predicted octanol–water partition coefficient (Wildman–Crippen LogP) is 5.06. The average Bonchev–Trinajstić information content (AvgIpc) is 2.63. The van der Waals surface area contributed by atoms with Crippen LogP contribution >= 0.6 is 35.0 Å². The van der Waals surface area contributed by atoms with Crippen molar-refractivity contribution in [3.05, 3.63) is 69.7 Å². The molecule has 0 aromatic heterocycles. The molecule has 1 amide bonds. The topological polar surface area (TPSA) is 38.3 Å². The smallest absolute Gasteiger partial charge is 0.244 e. The summed E-state index contributed by atoms with van der Waals surface area (Å²) in [4.78, 5) is 11.8. The highest BCUT2D eigenvalue weighted by atomic mass is 35.5.